The lowest BCUT2D eigenvalue weighted by Gasteiger charge is -2.12. The van der Waals surface area contributed by atoms with Crippen LogP contribution in [0.25, 0.3) is 44.5 Å². The number of anilines is 1. The van der Waals surface area contributed by atoms with Crippen LogP contribution in [0.5, 0.6) is 0 Å². The summed E-state index contributed by atoms with van der Waals surface area (Å²) in [6.45, 7) is 0.311. The average Bonchev–Trinajstić information content (AvgIpc) is 3.33. The van der Waals surface area contributed by atoms with E-state index in [0.717, 1.165) is 5.69 Å². The number of benzene rings is 2. The van der Waals surface area contributed by atoms with Gasteiger partial charge in [-0.05, 0) is 42.0 Å². The zero-order chi connectivity index (χ0) is 24.6. The summed E-state index contributed by atoms with van der Waals surface area (Å²) in [7, 11) is 0. The predicted octanol–water partition coefficient (Wildman–Crippen LogP) is 4.14. The molecule has 0 aliphatic carbocycles. The van der Waals surface area contributed by atoms with Gasteiger partial charge in [0.05, 0.1) is 28.0 Å². The molecule has 36 heavy (non-hydrogen) atoms. The zero-order valence-corrected chi connectivity index (χ0v) is 18.7. The lowest BCUT2D eigenvalue weighted by molar-refractivity contribution is 0.591. The summed E-state index contributed by atoms with van der Waals surface area (Å²) in [6.07, 6.45) is 4.91. The summed E-state index contributed by atoms with van der Waals surface area (Å²) in [5.74, 6) is -0.590. The standard InChI is InChI=1S/C26H16FN9/c27-22-16(13-28)4-3-6-18(22)23-21(15-7-8-19-20(12-15)32-11-10-31-19)24-25(26(29)33-23)35-36(34-24)14-17-5-1-2-9-30-17/h1-12H,14H2,(H2,29,33). The summed E-state index contributed by atoms with van der Waals surface area (Å²) >= 11 is 0. The third-order valence-corrected chi connectivity index (χ3v) is 5.77. The first-order chi connectivity index (χ1) is 17.6. The second-order valence-corrected chi connectivity index (χ2v) is 8.01. The Morgan fingerprint density at radius 3 is 2.53 bits per heavy atom. The molecule has 2 aromatic carbocycles. The molecule has 172 valence electrons. The minimum absolute atomic E-state index is 0.0953. The van der Waals surface area contributed by atoms with Gasteiger partial charge in [0.15, 0.2) is 11.3 Å². The third kappa shape index (κ3) is 3.56. The topological polar surface area (TPSA) is 132 Å². The van der Waals surface area contributed by atoms with Crippen LogP contribution in [-0.4, -0.2) is 34.9 Å². The minimum Gasteiger partial charge on any atom is -0.382 e. The highest BCUT2D eigenvalue weighted by Crippen LogP contribution is 2.39. The van der Waals surface area contributed by atoms with E-state index >= 15 is 4.39 Å². The zero-order valence-electron chi connectivity index (χ0n) is 18.7. The van der Waals surface area contributed by atoms with Gasteiger partial charge in [0.2, 0.25) is 0 Å². The highest BCUT2D eigenvalue weighted by Gasteiger charge is 2.23. The van der Waals surface area contributed by atoms with Gasteiger partial charge < -0.3 is 5.73 Å². The van der Waals surface area contributed by atoms with Crippen molar-refractivity contribution >= 4 is 27.9 Å². The number of nitrogens with zero attached hydrogens (tertiary/aromatic N) is 8. The molecule has 0 radical (unpaired) electrons. The fourth-order valence-corrected chi connectivity index (χ4v) is 4.13. The summed E-state index contributed by atoms with van der Waals surface area (Å²) in [5.41, 5.74) is 10.7. The number of pyridine rings is 2. The maximum absolute atomic E-state index is 15.4. The van der Waals surface area contributed by atoms with Crippen molar-refractivity contribution in [2.24, 2.45) is 0 Å². The van der Waals surface area contributed by atoms with Gasteiger partial charge in [-0.1, -0.05) is 18.2 Å². The molecule has 0 amide bonds. The first-order valence-corrected chi connectivity index (χ1v) is 11.0. The van der Waals surface area contributed by atoms with Crippen molar-refractivity contribution in [1.82, 2.24) is 34.9 Å². The average molecular weight is 473 g/mol. The predicted molar refractivity (Wildman–Crippen MR) is 132 cm³/mol. The maximum atomic E-state index is 15.4. The SMILES string of the molecule is N#Cc1cccc(-c2nc(N)c3nn(Cc4ccccn4)nc3c2-c2ccc3nccnc3c2)c1F. The Kier molecular flexibility index (Phi) is 5.01. The van der Waals surface area contributed by atoms with Gasteiger partial charge >= 0.3 is 0 Å². The van der Waals surface area contributed by atoms with Crippen molar-refractivity contribution in [2.45, 2.75) is 6.54 Å². The second-order valence-electron chi connectivity index (χ2n) is 8.01. The van der Waals surface area contributed by atoms with E-state index in [4.69, 9.17) is 10.8 Å². The van der Waals surface area contributed by atoms with E-state index in [0.29, 0.717) is 39.7 Å². The Morgan fingerprint density at radius 2 is 1.72 bits per heavy atom. The van der Waals surface area contributed by atoms with Crippen molar-refractivity contribution in [3.05, 3.63) is 90.3 Å². The largest absolute Gasteiger partial charge is 0.382 e. The molecule has 0 saturated heterocycles. The van der Waals surface area contributed by atoms with Gasteiger partial charge in [0, 0.05) is 29.7 Å². The van der Waals surface area contributed by atoms with E-state index in [1.807, 2.05) is 42.5 Å². The Hall–Kier alpha value is -5.30. The first kappa shape index (κ1) is 21.2. The number of nitrogens with two attached hydrogens (primary N) is 1. The molecule has 0 aliphatic heterocycles. The number of aromatic nitrogens is 7. The van der Waals surface area contributed by atoms with Crippen LogP contribution in [-0.2, 0) is 6.54 Å². The normalized spacial score (nSPS) is 11.1. The fraction of sp³-hybridized carbons (Fsp3) is 0.0385. The fourth-order valence-electron chi connectivity index (χ4n) is 4.13. The Morgan fingerprint density at radius 1 is 0.889 bits per heavy atom. The Labute approximate surface area is 203 Å². The lowest BCUT2D eigenvalue weighted by Crippen LogP contribution is -2.05. The molecule has 10 heteroatoms. The van der Waals surface area contributed by atoms with E-state index in [1.165, 1.54) is 10.9 Å². The van der Waals surface area contributed by atoms with Gasteiger partial charge in [-0.15, -0.1) is 5.10 Å². The van der Waals surface area contributed by atoms with Crippen LogP contribution in [0.1, 0.15) is 11.3 Å². The third-order valence-electron chi connectivity index (χ3n) is 5.77. The van der Waals surface area contributed by atoms with Gasteiger partial charge in [-0.25, -0.2) is 9.37 Å². The summed E-state index contributed by atoms with van der Waals surface area (Å²) in [6, 6.07) is 17.5. The van der Waals surface area contributed by atoms with Crippen LogP contribution in [0.15, 0.2) is 73.2 Å². The van der Waals surface area contributed by atoms with Crippen molar-refractivity contribution in [1.29, 1.82) is 5.26 Å². The van der Waals surface area contributed by atoms with Crippen molar-refractivity contribution in [3.63, 3.8) is 0 Å². The lowest BCUT2D eigenvalue weighted by atomic mass is 9.96. The molecule has 0 bridgehead atoms. The molecule has 6 aromatic rings. The number of hydrogen-bond donors (Lipinski definition) is 1. The van der Waals surface area contributed by atoms with E-state index in [1.54, 1.807) is 30.7 Å². The molecule has 0 spiro atoms. The number of halogens is 1. The van der Waals surface area contributed by atoms with E-state index in [2.05, 4.69) is 25.0 Å². The van der Waals surface area contributed by atoms with Gasteiger partial charge in [-0.3, -0.25) is 15.0 Å². The molecule has 4 aromatic heterocycles. The summed E-state index contributed by atoms with van der Waals surface area (Å²) in [5, 5.41) is 18.6. The van der Waals surface area contributed by atoms with Crippen molar-refractivity contribution in [3.8, 4) is 28.5 Å². The van der Waals surface area contributed by atoms with Crippen LogP contribution in [0.2, 0.25) is 0 Å². The van der Waals surface area contributed by atoms with Gasteiger partial charge in [0.1, 0.15) is 23.9 Å². The second kappa shape index (κ2) is 8.48. The smallest absolute Gasteiger partial charge is 0.155 e. The van der Waals surface area contributed by atoms with Crippen molar-refractivity contribution < 1.29 is 4.39 Å². The van der Waals surface area contributed by atoms with Gasteiger partial charge in [0.25, 0.3) is 0 Å². The highest BCUT2D eigenvalue weighted by molar-refractivity contribution is 6.03. The molecule has 4 heterocycles. The molecular formula is C26H16FN9. The van der Waals surface area contributed by atoms with Gasteiger partial charge in [-0.2, -0.15) is 15.2 Å². The number of nitriles is 1. The van der Waals surface area contributed by atoms with Crippen LogP contribution < -0.4 is 5.73 Å². The molecule has 0 unspecified atom stereocenters. The molecule has 2 N–H and O–H groups in total. The maximum Gasteiger partial charge on any atom is 0.155 e. The minimum atomic E-state index is -0.686. The van der Waals surface area contributed by atoms with Crippen LogP contribution in [0.3, 0.4) is 0 Å². The molecule has 9 nitrogen and oxygen atoms in total. The summed E-state index contributed by atoms with van der Waals surface area (Å²) in [4.78, 5) is 19.1. The van der Waals surface area contributed by atoms with Crippen LogP contribution in [0.4, 0.5) is 10.2 Å². The quantitative estimate of drug-likeness (QED) is 0.404. The Bertz CT molecular complexity index is 1810. The summed E-state index contributed by atoms with van der Waals surface area (Å²) < 4.78 is 15.4. The van der Waals surface area contributed by atoms with Crippen LogP contribution >= 0.6 is 0 Å². The number of hydrogen-bond acceptors (Lipinski definition) is 8. The van der Waals surface area contributed by atoms with E-state index < -0.39 is 5.82 Å². The monoisotopic (exact) mass is 473 g/mol. The molecule has 0 aliphatic rings. The number of nitrogen functional groups attached to an aromatic ring is 1. The molecule has 0 atom stereocenters. The molecule has 6 rings (SSSR count). The molecular weight excluding hydrogens is 457 g/mol. The molecule has 0 fully saturated rings. The first-order valence-electron chi connectivity index (χ1n) is 11.0. The Balaban J connectivity index is 1.65. The number of fused-ring (bicyclic) bond motifs is 2. The van der Waals surface area contributed by atoms with Crippen molar-refractivity contribution in [2.75, 3.05) is 5.73 Å². The highest BCUT2D eigenvalue weighted by atomic mass is 19.1. The number of rotatable bonds is 4. The van der Waals surface area contributed by atoms with Crippen LogP contribution in [0, 0.1) is 17.1 Å². The van der Waals surface area contributed by atoms with E-state index in [-0.39, 0.29) is 22.6 Å². The van der Waals surface area contributed by atoms with E-state index in [9.17, 15) is 5.26 Å². The molecule has 0 saturated carbocycles.